The number of rotatable bonds is 3. The maximum absolute atomic E-state index is 12.5. The van der Waals surface area contributed by atoms with Crippen molar-refractivity contribution in [2.75, 3.05) is 12.5 Å². The summed E-state index contributed by atoms with van der Waals surface area (Å²) in [4.78, 5) is 26.1. The summed E-state index contributed by atoms with van der Waals surface area (Å²) < 4.78 is 10.6. The van der Waals surface area contributed by atoms with Gasteiger partial charge in [0.15, 0.2) is 11.5 Å². The van der Waals surface area contributed by atoms with Crippen molar-refractivity contribution in [3.63, 3.8) is 0 Å². The number of hydrogen-bond acceptors (Lipinski definition) is 5. The second-order valence-electron chi connectivity index (χ2n) is 6.17. The Morgan fingerprint density at radius 2 is 2.26 bits per heavy atom. The molecule has 3 aliphatic rings. The largest absolute Gasteiger partial charge is 0.454 e. The number of benzene rings is 1. The van der Waals surface area contributed by atoms with E-state index in [2.05, 4.69) is 5.32 Å². The van der Waals surface area contributed by atoms with E-state index >= 15 is 0 Å². The van der Waals surface area contributed by atoms with E-state index in [1.165, 1.54) is 0 Å². The highest BCUT2D eigenvalue weighted by Gasteiger charge is 2.52. The maximum atomic E-state index is 12.5. The van der Waals surface area contributed by atoms with Crippen molar-refractivity contribution in [1.82, 2.24) is 10.2 Å². The van der Waals surface area contributed by atoms with Crippen molar-refractivity contribution in [2.45, 2.75) is 37.2 Å². The summed E-state index contributed by atoms with van der Waals surface area (Å²) in [5, 5.41) is 2.94. The van der Waals surface area contributed by atoms with Gasteiger partial charge in [-0.2, -0.15) is 0 Å². The topological polar surface area (TPSA) is 67.9 Å². The third-order valence-corrected chi connectivity index (χ3v) is 6.16. The zero-order valence-electron chi connectivity index (χ0n) is 12.8. The van der Waals surface area contributed by atoms with Gasteiger partial charge in [-0.15, -0.1) is 11.8 Å². The van der Waals surface area contributed by atoms with Crippen LogP contribution in [0.4, 0.5) is 0 Å². The van der Waals surface area contributed by atoms with E-state index in [0.717, 1.165) is 17.7 Å². The SMILES string of the molecule is C[C@@]12CCC(=O)N1[C@H](C(=O)NCc1ccc3c(c1)OCO3)CS2. The van der Waals surface area contributed by atoms with Crippen molar-refractivity contribution < 1.29 is 19.1 Å². The van der Waals surface area contributed by atoms with Gasteiger partial charge in [-0.1, -0.05) is 6.07 Å². The summed E-state index contributed by atoms with van der Waals surface area (Å²) in [7, 11) is 0. The molecule has 0 aromatic heterocycles. The zero-order valence-corrected chi connectivity index (χ0v) is 13.6. The van der Waals surface area contributed by atoms with Gasteiger partial charge in [-0.05, 0) is 31.0 Å². The molecule has 122 valence electrons. The van der Waals surface area contributed by atoms with Gasteiger partial charge in [0.2, 0.25) is 18.6 Å². The van der Waals surface area contributed by atoms with Crippen LogP contribution in [0.5, 0.6) is 11.5 Å². The first-order chi connectivity index (χ1) is 11.1. The van der Waals surface area contributed by atoms with Crippen molar-refractivity contribution in [1.29, 1.82) is 0 Å². The van der Waals surface area contributed by atoms with Crippen LogP contribution in [0.1, 0.15) is 25.3 Å². The van der Waals surface area contributed by atoms with Crippen LogP contribution in [-0.4, -0.2) is 40.2 Å². The fourth-order valence-corrected chi connectivity index (χ4v) is 4.80. The molecule has 1 aromatic carbocycles. The summed E-state index contributed by atoms with van der Waals surface area (Å²) in [5.41, 5.74) is 0.948. The van der Waals surface area contributed by atoms with Crippen LogP contribution in [0.3, 0.4) is 0 Å². The fourth-order valence-electron chi connectivity index (χ4n) is 3.37. The lowest BCUT2D eigenvalue weighted by atomic mass is 10.2. The molecule has 3 aliphatic heterocycles. The predicted molar refractivity (Wildman–Crippen MR) is 85.1 cm³/mol. The molecule has 2 saturated heterocycles. The van der Waals surface area contributed by atoms with E-state index in [1.54, 1.807) is 16.7 Å². The zero-order chi connectivity index (χ0) is 16.0. The monoisotopic (exact) mass is 334 g/mol. The Morgan fingerprint density at radius 3 is 3.13 bits per heavy atom. The van der Waals surface area contributed by atoms with Crippen LogP contribution in [0.15, 0.2) is 18.2 Å². The first kappa shape index (κ1) is 14.7. The predicted octanol–water partition coefficient (Wildman–Crippen LogP) is 1.49. The second kappa shape index (κ2) is 5.33. The van der Waals surface area contributed by atoms with Crippen LogP contribution in [-0.2, 0) is 16.1 Å². The molecule has 3 heterocycles. The first-order valence-corrected chi connectivity index (χ1v) is 8.68. The molecule has 0 aliphatic carbocycles. The van der Waals surface area contributed by atoms with Crippen molar-refractivity contribution in [2.24, 2.45) is 0 Å². The Hall–Kier alpha value is -1.89. The number of carbonyl (C=O) groups excluding carboxylic acids is 2. The van der Waals surface area contributed by atoms with Crippen molar-refractivity contribution >= 4 is 23.6 Å². The second-order valence-corrected chi connectivity index (χ2v) is 7.67. The van der Waals surface area contributed by atoms with Gasteiger partial charge in [0.05, 0.1) is 4.87 Å². The van der Waals surface area contributed by atoms with Crippen LogP contribution >= 0.6 is 11.8 Å². The maximum Gasteiger partial charge on any atom is 0.243 e. The highest BCUT2D eigenvalue weighted by Crippen LogP contribution is 2.47. The standard InChI is InChI=1S/C16H18N2O4S/c1-16-5-4-14(19)18(16)11(8-23-16)15(20)17-7-10-2-3-12-13(6-10)22-9-21-12/h2-3,6,11H,4-5,7-9H2,1H3,(H,17,20)/t11-,16+/m0/s1. The molecule has 1 aromatic rings. The van der Waals surface area contributed by atoms with E-state index < -0.39 is 0 Å². The van der Waals surface area contributed by atoms with Gasteiger partial charge in [0, 0.05) is 18.7 Å². The Morgan fingerprint density at radius 1 is 1.43 bits per heavy atom. The number of nitrogens with zero attached hydrogens (tertiary/aromatic N) is 1. The van der Waals surface area contributed by atoms with Gasteiger partial charge in [0.25, 0.3) is 0 Å². The van der Waals surface area contributed by atoms with Crippen LogP contribution < -0.4 is 14.8 Å². The van der Waals surface area contributed by atoms with Crippen LogP contribution in [0.2, 0.25) is 0 Å². The first-order valence-electron chi connectivity index (χ1n) is 7.69. The quantitative estimate of drug-likeness (QED) is 0.907. The average Bonchev–Trinajstić information content (AvgIpc) is 3.20. The van der Waals surface area contributed by atoms with Gasteiger partial charge < -0.3 is 19.7 Å². The summed E-state index contributed by atoms with van der Waals surface area (Å²) in [5.74, 6) is 2.09. The number of thioether (sulfide) groups is 1. The molecule has 0 bridgehead atoms. The van der Waals surface area contributed by atoms with E-state index in [4.69, 9.17) is 9.47 Å². The molecule has 6 nitrogen and oxygen atoms in total. The van der Waals surface area contributed by atoms with Crippen molar-refractivity contribution in [3.8, 4) is 11.5 Å². The van der Waals surface area contributed by atoms with E-state index in [9.17, 15) is 9.59 Å². The highest BCUT2D eigenvalue weighted by molar-refractivity contribution is 8.01. The number of nitrogens with one attached hydrogen (secondary N) is 1. The Labute approximate surface area is 138 Å². The van der Waals surface area contributed by atoms with Gasteiger partial charge in [-0.3, -0.25) is 9.59 Å². The lowest BCUT2D eigenvalue weighted by molar-refractivity contribution is -0.138. The molecule has 2 amide bonds. The minimum Gasteiger partial charge on any atom is -0.454 e. The van der Waals surface area contributed by atoms with Gasteiger partial charge in [0.1, 0.15) is 6.04 Å². The van der Waals surface area contributed by atoms with Crippen molar-refractivity contribution in [3.05, 3.63) is 23.8 Å². The van der Waals surface area contributed by atoms with E-state index in [0.29, 0.717) is 24.5 Å². The minimum absolute atomic E-state index is 0.0840. The highest BCUT2D eigenvalue weighted by atomic mass is 32.2. The number of fused-ring (bicyclic) bond motifs is 2. The number of carbonyl (C=O) groups is 2. The Bertz CT molecular complexity index is 680. The number of ether oxygens (including phenoxy) is 2. The molecule has 2 atom stereocenters. The molecule has 0 saturated carbocycles. The molecular formula is C16H18N2O4S. The lowest BCUT2D eigenvalue weighted by Gasteiger charge is -2.29. The van der Waals surface area contributed by atoms with Gasteiger partial charge >= 0.3 is 0 Å². The molecular weight excluding hydrogens is 316 g/mol. The summed E-state index contributed by atoms with van der Waals surface area (Å²) in [6, 6.07) is 5.25. The molecule has 2 fully saturated rings. The summed E-state index contributed by atoms with van der Waals surface area (Å²) >= 11 is 1.70. The molecule has 4 rings (SSSR count). The average molecular weight is 334 g/mol. The van der Waals surface area contributed by atoms with E-state index in [1.807, 2.05) is 25.1 Å². The molecule has 0 spiro atoms. The van der Waals surface area contributed by atoms with Crippen LogP contribution in [0.25, 0.3) is 0 Å². The van der Waals surface area contributed by atoms with E-state index in [-0.39, 0.29) is 29.5 Å². The minimum atomic E-state index is -0.367. The molecule has 0 unspecified atom stereocenters. The number of amides is 2. The third kappa shape index (κ3) is 2.43. The Balaban J connectivity index is 1.42. The van der Waals surface area contributed by atoms with Gasteiger partial charge in [-0.25, -0.2) is 0 Å². The smallest absolute Gasteiger partial charge is 0.243 e. The summed E-state index contributed by atoms with van der Waals surface area (Å²) in [6.07, 6.45) is 1.36. The molecule has 7 heteroatoms. The molecule has 0 radical (unpaired) electrons. The molecule has 1 N–H and O–H groups in total. The molecule has 23 heavy (non-hydrogen) atoms. The fraction of sp³-hybridized carbons (Fsp3) is 0.500. The lowest BCUT2D eigenvalue weighted by Crippen LogP contribution is -2.49. The number of hydrogen-bond donors (Lipinski definition) is 1. The Kier molecular flexibility index (Phi) is 3.41. The third-order valence-electron chi connectivity index (χ3n) is 4.65. The normalized spacial score (nSPS) is 28.1. The summed E-state index contributed by atoms with van der Waals surface area (Å²) in [6.45, 7) is 2.70. The van der Waals surface area contributed by atoms with Crippen LogP contribution in [0, 0.1) is 0 Å².